The van der Waals surface area contributed by atoms with Gasteiger partial charge in [0.05, 0.1) is 26.4 Å². The van der Waals surface area contributed by atoms with E-state index < -0.39 is 97.5 Å². The molecule has 3 N–H and O–H groups in total. The Morgan fingerprint density at radius 2 is 0.654 bits per heavy atom. The van der Waals surface area contributed by atoms with Crippen LogP contribution in [0.15, 0.2) is 0 Å². The molecule has 0 saturated heterocycles. The Kier molecular flexibility index (Phi) is 50.6. The van der Waals surface area contributed by atoms with Crippen LogP contribution in [0.25, 0.3) is 0 Å². The zero-order chi connectivity index (χ0) is 58.0. The van der Waals surface area contributed by atoms with Gasteiger partial charge in [0.2, 0.25) is 0 Å². The summed E-state index contributed by atoms with van der Waals surface area (Å²) in [5.41, 5.74) is 0. The van der Waals surface area contributed by atoms with Crippen molar-refractivity contribution in [3.63, 3.8) is 0 Å². The fourth-order valence-electron chi connectivity index (χ4n) is 8.61. The van der Waals surface area contributed by atoms with Gasteiger partial charge in [0.1, 0.15) is 19.3 Å². The van der Waals surface area contributed by atoms with Crippen LogP contribution in [0.5, 0.6) is 0 Å². The largest absolute Gasteiger partial charge is 0.472 e. The van der Waals surface area contributed by atoms with Crippen molar-refractivity contribution in [1.82, 2.24) is 0 Å². The third kappa shape index (κ3) is 52.2. The first-order valence-corrected chi connectivity index (χ1v) is 34.0. The summed E-state index contributed by atoms with van der Waals surface area (Å²) in [5, 5.41) is 10.5. The quantitative estimate of drug-likeness (QED) is 0.0222. The molecule has 0 aromatic carbocycles. The summed E-state index contributed by atoms with van der Waals surface area (Å²) in [6.07, 6.45) is 32.2. The van der Waals surface area contributed by atoms with Gasteiger partial charge >= 0.3 is 39.5 Å². The zero-order valence-electron chi connectivity index (χ0n) is 50.0. The van der Waals surface area contributed by atoms with Crippen LogP contribution in [0.2, 0.25) is 0 Å². The summed E-state index contributed by atoms with van der Waals surface area (Å²) in [5.74, 6) is -0.698. The molecular formula is C59H114O17P2. The maximum Gasteiger partial charge on any atom is 0.472 e. The smallest absolute Gasteiger partial charge is 0.462 e. The number of aliphatic hydroxyl groups is 1. The number of esters is 4. The van der Waals surface area contributed by atoms with Crippen molar-refractivity contribution in [2.24, 2.45) is 11.8 Å². The van der Waals surface area contributed by atoms with Crippen LogP contribution in [0, 0.1) is 11.8 Å². The number of aliphatic hydroxyl groups excluding tert-OH is 1. The number of hydrogen-bond acceptors (Lipinski definition) is 15. The van der Waals surface area contributed by atoms with E-state index in [4.69, 9.17) is 37.0 Å². The maximum absolute atomic E-state index is 12.9. The van der Waals surface area contributed by atoms with E-state index in [-0.39, 0.29) is 25.7 Å². The second-order valence-electron chi connectivity index (χ2n) is 22.1. The Morgan fingerprint density at radius 1 is 0.372 bits per heavy atom. The molecule has 0 aromatic rings. The fourth-order valence-corrected chi connectivity index (χ4v) is 10.2. The van der Waals surface area contributed by atoms with Crippen LogP contribution in [0.3, 0.4) is 0 Å². The Hall–Kier alpha value is -1.94. The molecule has 17 nitrogen and oxygen atoms in total. The average molecular weight is 1160 g/mol. The Balaban J connectivity index is 5.23. The van der Waals surface area contributed by atoms with Crippen LogP contribution in [0.4, 0.5) is 0 Å². The molecular weight excluding hydrogens is 1040 g/mol. The number of rotatable bonds is 58. The highest BCUT2D eigenvalue weighted by molar-refractivity contribution is 7.47. The minimum absolute atomic E-state index is 0.103. The van der Waals surface area contributed by atoms with Gasteiger partial charge in [-0.3, -0.25) is 37.3 Å². The first-order valence-electron chi connectivity index (χ1n) is 31.0. The first-order chi connectivity index (χ1) is 37.4. The van der Waals surface area contributed by atoms with E-state index in [9.17, 15) is 43.2 Å². The van der Waals surface area contributed by atoms with Gasteiger partial charge in [0.25, 0.3) is 0 Å². The molecule has 0 fully saturated rings. The molecule has 0 aromatic heterocycles. The van der Waals surface area contributed by atoms with Crippen molar-refractivity contribution >= 4 is 39.5 Å². The lowest BCUT2D eigenvalue weighted by atomic mass is 10.00. The fraction of sp³-hybridized carbons (Fsp3) is 0.932. The molecule has 19 heteroatoms. The Bertz CT molecular complexity index is 1550. The maximum atomic E-state index is 12.9. The number of phosphoric acid groups is 2. The van der Waals surface area contributed by atoms with Gasteiger partial charge in [-0.15, -0.1) is 0 Å². The number of ether oxygens (including phenoxy) is 4. The van der Waals surface area contributed by atoms with E-state index in [1.807, 2.05) is 0 Å². The number of hydrogen-bond donors (Lipinski definition) is 3. The Labute approximate surface area is 473 Å². The van der Waals surface area contributed by atoms with Gasteiger partial charge in [-0.05, 0) is 37.5 Å². The van der Waals surface area contributed by atoms with E-state index in [0.717, 1.165) is 115 Å². The molecule has 0 spiro atoms. The van der Waals surface area contributed by atoms with Crippen LogP contribution in [-0.2, 0) is 65.4 Å². The lowest BCUT2D eigenvalue weighted by Crippen LogP contribution is -2.30. The standard InChI is InChI=1S/C59H114O17P2/c1-7-10-12-14-16-18-23-31-37-43-58(63)75-54(47-69-56(61)41-35-29-22-17-15-13-11-8-2)49-73-77(65,66)71-45-53(60)46-72-78(67,68)74-50-55(48-70-57(62)42-36-30-26-25-28-34-40-52(6)9-3)76-59(64)44-38-32-24-20-19-21-27-33-39-51(4)5/h51-55,60H,7-50H2,1-6H3,(H,65,66)(H,67,68)/t52?,53-,54+,55+/m0/s1. The summed E-state index contributed by atoms with van der Waals surface area (Å²) < 4.78 is 67.7. The van der Waals surface area contributed by atoms with Gasteiger partial charge in [0.15, 0.2) is 12.2 Å². The normalized spacial score (nSPS) is 14.8. The van der Waals surface area contributed by atoms with Gasteiger partial charge in [-0.25, -0.2) is 9.13 Å². The summed E-state index contributed by atoms with van der Waals surface area (Å²) >= 11 is 0. The molecule has 0 rings (SSSR count). The second-order valence-corrected chi connectivity index (χ2v) is 25.0. The Morgan fingerprint density at radius 3 is 0.974 bits per heavy atom. The third-order valence-corrected chi connectivity index (χ3v) is 15.7. The topological polar surface area (TPSA) is 237 Å². The molecule has 6 atom stereocenters. The molecule has 0 heterocycles. The first kappa shape index (κ1) is 76.1. The van der Waals surface area contributed by atoms with Gasteiger partial charge in [-0.1, -0.05) is 234 Å². The SMILES string of the molecule is CCCCCCCCCCCC(=O)O[C@H](COC(=O)CCCCCCCCCC)COP(=O)(O)OC[C@H](O)COP(=O)(O)OC[C@@H](COC(=O)CCCCCCCCC(C)CC)OC(=O)CCCCCCCCCCC(C)C. The average Bonchev–Trinajstić information content (AvgIpc) is 3.40. The molecule has 3 unspecified atom stereocenters. The van der Waals surface area contributed by atoms with Crippen molar-refractivity contribution in [2.45, 2.75) is 304 Å². The molecule has 0 saturated carbocycles. The number of carbonyl (C=O) groups is 4. The van der Waals surface area contributed by atoms with Crippen molar-refractivity contribution in [3.8, 4) is 0 Å². The number of unbranched alkanes of at least 4 members (excludes halogenated alkanes) is 27. The summed E-state index contributed by atoms with van der Waals surface area (Å²) in [4.78, 5) is 71.8. The van der Waals surface area contributed by atoms with E-state index in [1.54, 1.807) is 0 Å². The molecule has 78 heavy (non-hydrogen) atoms. The number of phosphoric ester groups is 2. The second kappa shape index (κ2) is 51.9. The molecule has 0 amide bonds. The zero-order valence-corrected chi connectivity index (χ0v) is 51.7. The van der Waals surface area contributed by atoms with E-state index in [2.05, 4.69) is 41.5 Å². The minimum Gasteiger partial charge on any atom is -0.462 e. The van der Waals surface area contributed by atoms with Crippen molar-refractivity contribution in [2.75, 3.05) is 39.6 Å². The predicted molar refractivity (Wildman–Crippen MR) is 308 cm³/mol. The molecule has 0 bridgehead atoms. The molecule has 0 aliphatic carbocycles. The van der Waals surface area contributed by atoms with Crippen LogP contribution in [-0.4, -0.2) is 96.7 Å². The monoisotopic (exact) mass is 1160 g/mol. The highest BCUT2D eigenvalue weighted by Gasteiger charge is 2.30. The lowest BCUT2D eigenvalue weighted by molar-refractivity contribution is -0.161. The van der Waals surface area contributed by atoms with Crippen LogP contribution >= 0.6 is 15.6 Å². The van der Waals surface area contributed by atoms with Crippen molar-refractivity contribution in [3.05, 3.63) is 0 Å². The predicted octanol–water partition coefficient (Wildman–Crippen LogP) is 15.7. The molecule has 0 aliphatic rings. The van der Waals surface area contributed by atoms with Crippen LogP contribution < -0.4 is 0 Å². The van der Waals surface area contributed by atoms with E-state index in [1.165, 1.54) is 89.9 Å². The highest BCUT2D eigenvalue weighted by Crippen LogP contribution is 2.45. The molecule has 0 aliphatic heterocycles. The lowest BCUT2D eigenvalue weighted by Gasteiger charge is -2.21. The minimum atomic E-state index is -4.94. The highest BCUT2D eigenvalue weighted by atomic mass is 31.2. The van der Waals surface area contributed by atoms with E-state index in [0.29, 0.717) is 25.7 Å². The van der Waals surface area contributed by atoms with Gasteiger partial charge in [0, 0.05) is 25.7 Å². The van der Waals surface area contributed by atoms with Gasteiger partial charge in [-0.2, -0.15) is 0 Å². The summed E-state index contributed by atoms with van der Waals surface area (Å²) in [6, 6.07) is 0. The van der Waals surface area contributed by atoms with Gasteiger partial charge < -0.3 is 33.8 Å². The number of carbonyl (C=O) groups excluding carboxylic acids is 4. The van der Waals surface area contributed by atoms with Crippen molar-refractivity contribution in [1.29, 1.82) is 0 Å². The summed E-state index contributed by atoms with van der Waals surface area (Å²) in [7, 11) is -9.87. The molecule has 0 radical (unpaired) electrons. The van der Waals surface area contributed by atoms with Crippen molar-refractivity contribution < 1.29 is 80.2 Å². The van der Waals surface area contributed by atoms with E-state index >= 15 is 0 Å². The van der Waals surface area contributed by atoms with Crippen LogP contribution in [0.1, 0.15) is 286 Å². The third-order valence-electron chi connectivity index (χ3n) is 13.8. The summed E-state index contributed by atoms with van der Waals surface area (Å²) in [6.45, 7) is 9.33. The molecule has 462 valence electrons.